The number of halogens is 1. The van der Waals surface area contributed by atoms with Gasteiger partial charge in [-0.3, -0.25) is 14.5 Å². The Balaban J connectivity index is 1.56. The van der Waals surface area contributed by atoms with Gasteiger partial charge in [0.05, 0.1) is 4.90 Å². The number of benzene rings is 2. The molecule has 0 saturated heterocycles. The number of fused-ring (bicyclic) bond motifs is 1. The van der Waals surface area contributed by atoms with Crippen LogP contribution in [0.5, 0.6) is 0 Å². The van der Waals surface area contributed by atoms with Crippen molar-refractivity contribution in [3.63, 3.8) is 0 Å². The van der Waals surface area contributed by atoms with E-state index >= 15 is 0 Å². The summed E-state index contributed by atoms with van der Waals surface area (Å²) in [5, 5.41) is 3.06. The third-order valence-electron chi connectivity index (χ3n) is 6.45. The molecule has 8 heteroatoms. The number of carbonyl (C=O) groups is 1. The minimum Gasteiger partial charge on any atom is -0.353 e. The van der Waals surface area contributed by atoms with E-state index < -0.39 is 16.1 Å². The number of hydrogen-bond donors (Lipinski definition) is 2. The molecule has 1 aliphatic carbocycles. The number of sulfonamides is 1. The van der Waals surface area contributed by atoms with E-state index in [9.17, 15) is 17.6 Å². The van der Waals surface area contributed by atoms with Gasteiger partial charge in [0.15, 0.2) is 0 Å². The van der Waals surface area contributed by atoms with Crippen molar-refractivity contribution < 1.29 is 17.6 Å². The highest BCUT2D eigenvalue weighted by Gasteiger charge is 2.37. The van der Waals surface area contributed by atoms with Gasteiger partial charge in [-0.1, -0.05) is 51.0 Å². The predicted octanol–water partition coefficient (Wildman–Crippen LogP) is 3.52. The first-order chi connectivity index (χ1) is 15.2. The SMILES string of the molecule is CC(C)[C@H](N=C1NS(=O)(=O)c2ccccc21)C(=O)NCC1(c2ccc(F)cc2)CCCC1. The van der Waals surface area contributed by atoms with Crippen molar-refractivity contribution in [2.75, 3.05) is 6.54 Å². The van der Waals surface area contributed by atoms with Gasteiger partial charge in [0.25, 0.3) is 10.0 Å². The Labute approximate surface area is 188 Å². The lowest BCUT2D eigenvalue weighted by Crippen LogP contribution is -2.44. The van der Waals surface area contributed by atoms with Crippen LogP contribution < -0.4 is 10.0 Å². The Morgan fingerprint density at radius 2 is 1.78 bits per heavy atom. The van der Waals surface area contributed by atoms with Crippen LogP contribution in [0.2, 0.25) is 0 Å². The zero-order valence-corrected chi connectivity index (χ0v) is 19.1. The van der Waals surface area contributed by atoms with Crippen LogP contribution >= 0.6 is 0 Å². The van der Waals surface area contributed by atoms with Crippen LogP contribution in [-0.2, 0) is 20.2 Å². The van der Waals surface area contributed by atoms with E-state index in [2.05, 4.69) is 15.0 Å². The fraction of sp³-hybridized carbons (Fsp3) is 0.417. The fourth-order valence-electron chi connectivity index (χ4n) is 4.66. The first kappa shape index (κ1) is 22.5. The molecule has 170 valence electrons. The number of hydrogen-bond acceptors (Lipinski definition) is 4. The highest BCUT2D eigenvalue weighted by molar-refractivity contribution is 7.90. The van der Waals surface area contributed by atoms with Crippen molar-refractivity contribution in [2.24, 2.45) is 10.9 Å². The number of carbonyl (C=O) groups excluding carboxylic acids is 1. The maximum absolute atomic E-state index is 13.4. The molecule has 1 amide bonds. The second kappa shape index (κ2) is 8.65. The normalized spacial score (nSPS) is 20.7. The smallest absolute Gasteiger partial charge is 0.263 e. The summed E-state index contributed by atoms with van der Waals surface area (Å²) < 4.78 is 40.7. The van der Waals surface area contributed by atoms with E-state index in [1.807, 2.05) is 13.8 Å². The molecule has 4 rings (SSSR count). The average molecular weight is 458 g/mol. The first-order valence-electron chi connectivity index (χ1n) is 11.0. The zero-order chi connectivity index (χ0) is 22.9. The first-order valence-corrected chi connectivity index (χ1v) is 12.4. The highest BCUT2D eigenvalue weighted by atomic mass is 32.2. The summed E-state index contributed by atoms with van der Waals surface area (Å²) in [5.74, 6) is -0.459. The largest absolute Gasteiger partial charge is 0.353 e. The topological polar surface area (TPSA) is 87.6 Å². The summed E-state index contributed by atoms with van der Waals surface area (Å²) in [7, 11) is -3.67. The molecule has 1 saturated carbocycles. The van der Waals surface area contributed by atoms with Crippen LogP contribution in [0.15, 0.2) is 58.4 Å². The number of amidine groups is 1. The van der Waals surface area contributed by atoms with E-state index in [4.69, 9.17) is 0 Å². The molecule has 1 heterocycles. The van der Waals surface area contributed by atoms with E-state index in [0.29, 0.717) is 12.1 Å². The van der Waals surface area contributed by atoms with Crippen molar-refractivity contribution in [3.05, 3.63) is 65.5 Å². The quantitative estimate of drug-likeness (QED) is 0.696. The zero-order valence-electron chi connectivity index (χ0n) is 18.3. The number of amides is 1. The predicted molar refractivity (Wildman–Crippen MR) is 121 cm³/mol. The van der Waals surface area contributed by atoms with Crippen molar-refractivity contribution in [1.82, 2.24) is 10.0 Å². The monoisotopic (exact) mass is 457 g/mol. The maximum Gasteiger partial charge on any atom is 0.263 e. The van der Waals surface area contributed by atoms with Gasteiger partial charge < -0.3 is 5.32 Å². The van der Waals surface area contributed by atoms with Gasteiger partial charge in [-0.2, -0.15) is 0 Å². The molecule has 1 atom stereocenters. The summed E-state index contributed by atoms with van der Waals surface area (Å²) in [6.07, 6.45) is 3.96. The van der Waals surface area contributed by atoms with Crippen LogP contribution in [-0.4, -0.2) is 32.7 Å². The molecule has 0 unspecified atom stereocenters. The van der Waals surface area contributed by atoms with E-state index in [1.165, 1.54) is 18.2 Å². The molecular formula is C24H28FN3O3S. The molecule has 0 radical (unpaired) electrons. The van der Waals surface area contributed by atoms with Gasteiger partial charge >= 0.3 is 0 Å². The van der Waals surface area contributed by atoms with Crippen LogP contribution in [0.3, 0.4) is 0 Å². The second-order valence-corrected chi connectivity index (χ2v) is 10.6. The fourth-order valence-corrected chi connectivity index (χ4v) is 5.90. The minimum absolute atomic E-state index is 0.134. The minimum atomic E-state index is -3.67. The molecule has 0 bridgehead atoms. The summed E-state index contributed by atoms with van der Waals surface area (Å²) in [6, 6.07) is 12.4. The molecule has 2 N–H and O–H groups in total. The molecule has 32 heavy (non-hydrogen) atoms. The van der Waals surface area contributed by atoms with Gasteiger partial charge in [0, 0.05) is 17.5 Å². The van der Waals surface area contributed by atoms with E-state index in [-0.39, 0.29) is 33.8 Å². The summed E-state index contributed by atoms with van der Waals surface area (Å²) in [6.45, 7) is 4.21. The van der Waals surface area contributed by atoms with Crippen molar-refractivity contribution >= 4 is 21.8 Å². The Hall–Kier alpha value is -2.74. The summed E-state index contributed by atoms with van der Waals surface area (Å²) in [4.78, 5) is 17.9. The maximum atomic E-state index is 13.4. The second-order valence-electron chi connectivity index (χ2n) is 8.98. The Bertz CT molecular complexity index is 1140. The van der Waals surface area contributed by atoms with Crippen LogP contribution in [0.25, 0.3) is 0 Å². The van der Waals surface area contributed by atoms with Crippen molar-refractivity contribution in [1.29, 1.82) is 0 Å². The average Bonchev–Trinajstić information content (AvgIpc) is 3.34. The Morgan fingerprint density at radius 1 is 1.12 bits per heavy atom. The van der Waals surface area contributed by atoms with Gasteiger partial charge in [-0.15, -0.1) is 0 Å². The van der Waals surface area contributed by atoms with Gasteiger partial charge in [0.1, 0.15) is 17.7 Å². The molecule has 0 aromatic heterocycles. The van der Waals surface area contributed by atoms with Gasteiger partial charge in [-0.05, 0) is 48.6 Å². The number of nitrogens with zero attached hydrogens (tertiary/aromatic N) is 1. The molecule has 2 aliphatic rings. The molecular weight excluding hydrogens is 429 g/mol. The standard InChI is InChI=1S/C24H28FN3O3S/c1-16(2)21(27-22-19-7-3-4-8-20(19)32(30,31)28-22)23(29)26-15-24(13-5-6-14-24)17-9-11-18(25)12-10-17/h3-4,7-12,16,21H,5-6,13-15H2,1-2H3,(H,26,29)(H,27,28)/t21-/m0/s1. The number of rotatable bonds is 6. The lowest BCUT2D eigenvalue weighted by atomic mass is 9.78. The number of nitrogens with one attached hydrogen (secondary N) is 2. The Morgan fingerprint density at radius 3 is 2.44 bits per heavy atom. The van der Waals surface area contributed by atoms with E-state index in [1.54, 1.807) is 30.3 Å². The number of aliphatic imine (C=N–C) groups is 1. The molecule has 2 aromatic carbocycles. The molecule has 1 aliphatic heterocycles. The van der Waals surface area contributed by atoms with Gasteiger partial charge in [-0.25, -0.2) is 12.8 Å². The van der Waals surface area contributed by atoms with Crippen LogP contribution in [0.4, 0.5) is 4.39 Å². The van der Waals surface area contributed by atoms with Crippen LogP contribution in [0, 0.1) is 11.7 Å². The summed E-state index contributed by atoms with van der Waals surface area (Å²) >= 11 is 0. The molecule has 0 spiro atoms. The Kier molecular flexibility index (Phi) is 6.07. The molecule has 1 fully saturated rings. The third-order valence-corrected chi connectivity index (χ3v) is 7.85. The van der Waals surface area contributed by atoms with Crippen molar-refractivity contribution in [3.8, 4) is 0 Å². The lowest BCUT2D eigenvalue weighted by molar-refractivity contribution is -0.123. The van der Waals surface area contributed by atoms with E-state index in [0.717, 1.165) is 31.2 Å². The molecule has 6 nitrogen and oxygen atoms in total. The molecule has 2 aromatic rings. The summed E-state index contributed by atoms with van der Waals surface area (Å²) in [5.41, 5.74) is 1.28. The highest BCUT2D eigenvalue weighted by Crippen LogP contribution is 2.40. The third kappa shape index (κ3) is 4.28. The van der Waals surface area contributed by atoms with Gasteiger partial charge in [0.2, 0.25) is 5.91 Å². The lowest BCUT2D eigenvalue weighted by Gasteiger charge is -2.31. The van der Waals surface area contributed by atoms with Crippen LogP contribution in [0.1, 0.15) is 50.7 Å². The van der Waals surface area contributed by atoms with Crippen molar-refractivity contribution in [2.45, 2.75) is 55.9 Å².